The first kappa shape index (κ1) is 9.70. The summed E-state index contributed by atoms with van der Waals surface area (Å²) in [4.78, 5) is 14.1. The minimum atomic E-state index is -4.46. The first-order chi connectivity index (χ1) is 7.04. The van der Waals surface area contributed by atoms with Gasteiger partial charge in [0, 0.05) is 6.20 Å². The van der Waals surface area contributed by atoms with Crippen LogP contribution in [0.1, 0.15) is 16.1 Å². The Morgan fingerprint density at radius 1 is 1.40 bits per heavy atom. The van der Waals surface area contributed by atoms with Crippen molar-refractivity contribution >= 4 is 11.9 Å². The summed E-state index contributed by atoms with van der Waals surface area (Å²) in [5.41, 5.74) is -1.01. The number of pyridine rings is 1. The smallest absolute Gasteiger partial charge is 0.297 e. The van der Waals surface area contributed by atoms with Crippen LogP contribution in [0.2, 0.25) is 0 Å². The van der Waals surface area contributed by atoms with Crippen molar-refractivity contribution in [3.8, 4) is 0 Å². The molecule has 0 aliphatic heterocycles. The van der Waals surface area contributed by atoms with Crippen molar-refractivity contribution < 1.29 is 18.0 Å². The molecule has 2 aromatic heterocycles. The van der Waals surface area contributed by atoms with Crippen LogP contribution >= 0.6 is 0 Å². The van der Waals surface area contributed by atoms with E-state index >= 15 is 0 Å². The van der Waals surface area contributed by atoms with Gasteiger partial charge in [-0.05, 0) is 12.1 Å². The van der Waals surface area contributed by atoms with Crippen molar-refractivity contribution in [3.63, 3.8) is 0 Å². The summed E-state index contributed by atoms with van der Waals surface area (Å²) in [5, 5.41) is 0. The molecule has 2 aromatic rings. The molecule has 0 spiro atoms. The lowest BCUT2D eigenvalue weighted by molar-refractivity contribution is -0.136. The molecule has 0 amide bonds. The summed E-state index contributed by atoms with van der Waals surface area (Å²) >= 11 is 0. The molecule has 0 bridgehead atoms. The third-order valence-corrected chi connectivity index (χ3v) is 1.99. The van der Waals surface area contributed by atoms with E-state index in [9.17, 15) is 18.0 Å². The Bertz CT molecular complexity index is 516. The molecule has 0 saturated carbocycles. The van der Waals surface area contributed by atoms with Crippen LogP contribution < -0.4 is 0 Å². The standard InChI is InChI=1S/C9H5F3N2O/c10-9(11,12)7-2-1-3-14-6(5-15)4-13-8(7)14/h1-5H. The Hall–Kier alpha value is -1.85. The van der Waals surface area contributed by atoms with Gasteiger partial charge in [-0.3, -0.25) is 9.20 Å². The van der Waals surface area contributed by atoms with Crippen LogP contribution in [0.15, 0.2) is 24.5 Å². The number of hydrogen-bond donors (Lipinski definition) is 0. The molecule has 2 rings (SSSR count). The summed E-state index contributed by atoms with van der Waals surface area (Å²) in [6.45, 7) is 0. The van der Waals surface area contributed by atoms with Gasteiger partial charge >= 0.3 is 6.18 Å². The zero-order valence-electron chi connectivity index (χ0n) is 7.32. The Labute approximate surface area is 82.2 Å². The van der Waals surface area contributed by atoms with E-state index in [0.717, 1.165) is 16.7 Å². The SMILES string of the molecule is O=Cc1cnc2c(C(F)(F)F)cccn12. The van der Waals surface area contributed by atoms with E-state index in [1.807, 2.05) is 0 Å². The zero-order chi connectivity index (χ0) is 11.1. The topological polar surface area (TPSA) is 34.4 Å². The van der Waals surface area contributed by atoms with Gasteiger partial charge in [-0.15, -0.1) is 0 Å². The van der Waals surface area contributed by atoms with Crippen LogP contribution in [-0.2, 0) is 6.18 Å². The van der Waals surface area contributed by atoms with Gasteiger partial charge in [0.1, 0.15) is 11.3 Å². The molecule has 0 radical (unpaired) electrons. The number of imidazole rings is 1. The van der Waals surface area contributed by atoms with Crippen LogP contribution in [0.5, 0.6) is 0 Å². The molecular formula is C9H5F3N2O. The molecule has 0 aliphatic rings. The number of halogens is 3. The highest BCUT2D eigenvalue weighted by Crippen LogP contribution is 2.31. The van der Waals surface area contributed by atoms with Crippen molar-refractivity contribution in [1.29, 1.82) is 0 Å². The third-order valence-electron chi connectivity index (χ3n) is 1.99. The molecule has 0 aromatic carbocycles. The van der Waals surface area contributed by atoms with Gasteiger partial charge < -0.3 is 0 Å². The average Bonchev–Trinajstić information content (AvgIpc) is 2.58. The van der Waals surface area contributed by atoms with E-state index in [0.29, 0.717) is 6.29 Å². The maximum absolute atomic E-state index is 12.5. The molecule has 0 aliphatic carbocycles. The normalized spacial score (nSPS) is 11.9. The summed E-state index contributed by atoms with van der Waals surface area (Å²) in [6.07, 6.45) is -1.53. The minimum absolute atomic E-state index is 0.0936. The Kier molecular flexibility index (Phi) is 1.99. The van der Waals surface area contributed by atoms with Crippen molar-refractivity contribution in [1.82, 2.24) is 9.38 Å². The summed E-state index contributed by atoms with van der Waals surface area (Å²) in [7, 11) is 0. The van der Waals surface area contributed by atoms with Crippen LogP contribution in [0.3, 0.4) is 0 Å². The number of aldehydes is 1. The van der Waals surface area contributed by atoms with Gasteiger partial charge in [0.15, 0.2) is 6.29 Å². The van der Waals surface area contributed by atoms with Crippen LogP contribution in [0.25, 0.3) is 5.65 Å². The molecule has 0 N–H and O–H groups in total. The second kappa shape index (κ2) is 3.08. The fourth-order valence-corrected chi connectivity index (χ4v) is 1.34. The van der Waals surface area contributed by atoms with Crippen molar-refractivity contribution in [3.05, 3.63) is 35.8 Å². The molecule has 6 heteroatoms. The number of carbonyl (C=O) groups is 1. The molecule has 3 nitrogen and oxygen atoms in total. The van der Waals surface area contributed by atoms with Gasteiger partial charge in [0.2, 0.25) is 0 Å². The first-order valence-electron chi connectivity index (χ1n) is 4.02. The fraction of sp³-hybridized carbons (Fsp3) is 0.111. The molecule has 0 unspecified atom stereocenters. The average molecular weight is 214 g/mol. The lowest BCUT2D eigenvalue weighted by Gasteiger charge is -2.07. The quantitative estimate of drug-likeness (QED) is 0.682. The molecular weight excluding hydrogens is 209 g/mol. The van der Waals surface area contributed by atoms with Crippen LogP contribution in [-0.4, -0.2) is 15.7 Å². The van der Waals surface area contributed by atoms with Crippen molar-refractivity contribution in [2.45, 2.75) is 6.18 Å². The number of fused-ring (bicyclic) bond motifs is 1. The number of nitrogens with zero attached hydrogens (tertiary/aromatic N) is 2. The number of alkyl halides is 3. The highest BCUT2D eigenvalue weighted by atomic mass is 19.4. The number of aromatic nitrogens is 2. The highest BCUT2D eigenvalue weighted by Gasteiger charge is 2.33. The first-order valence-corrected chi connectivity index (χ1v) is 4.02. The lowest BCUT2D eigenvalue weighted by atomic mass is 10.2. The van der Waals surface area contributed by atoms with Crippen LogP contribution in [0.4, 0.5) is 13.2 Å². The molecule has 2 heterocycles. The Morgan fingerprint density at radius 3 is 2.73 bits per heavy atom. The van der Waals surface area contributed by atoms with E-state index in [1.165, 1.54) is 12.3 Å². The largest absolute Gasteiger partial charge is 0.419 e. The van der Waals surface area contributed by atoms with E-state index in [1.54, 1.807) is 0 Å². The minimum Gasteiger partial charge on any atom is -0.297 e. The van der Waals surface area contributed by atoms with Gasteiger partial charge in [-0.25, -0.2) is 4.98 Å². The van der Waals surface area contributed by atoms with Gasteiger partial charge in [-0.2, -0.15) is 13.2 Å². The number of rotatable bonds is 1. The number of hydrogen-bond acceptors (Lipinski definition) is 2. The second-order valence-corrected chi connectivity index (χ2v) is 2.91. The van der Waals surface area contributed by atoms with Crippen molar-refractivity contribution in [2.24, 2.45) is 0 Å². The number of carbonyl (C=O) groups excluding carboxylic acids is 1. The van der Waals surface area contributed by atoms with Gasteiger partial charge in [0.05, 0.1) is 11.8 Å². The highest BCUT2D eigenvalue weighted by molar-refractivity contribution is 5.74. The van der Waals surface area contributed by atoms with E-state index < -0.39 is 11.7 Å². The zero-order valence-corrected chi connectivity index (χ0v) is 7.32. The molecule has 0 atom stereocenters. The van der Waals surface area contributed by atoms with Gasteiger partial charge in [-0.1, -0.05) is 0 Å². The predicted molar refractivity (Wildman–Crippen MR) is 45.6 cm³/mol. The summed E-state index contributed by atoms with van der Waals surface area (Å²) in [5.74, 6) is 0. The molecule has 78 valence electrons. The van der Waals surface area contributed by atoms with E-state index in [2.05, 4.69) is 4.98 Å². The molecule has 0 fully saturated rings. The lowest BCUT2D eigenvalue weighted by Crippen LogP contribution is -2.07. The predicted octanol–water partition coefficient (Wildman–Crippen LogP) is 2.17. The monoisotopic (exact) mass is 214 g/mol. The second-order valence-electron chi connectivity index (χ2n) is 2.91. The summed E-state index contributed by atoms with van der Waals surface area (Å²) < 4.78 is 38.6. The maximum Gasteiger partial charge on any atom is 0.419 e. The third kappa shape index (κ3) is 1.47. The maximum atomic E-state index is 12.5. The Morgan fingerprint density at radius 2 is 2.13 bits per heavy atom. The van der Waals surface area contributed by atoms with Gasteiger partial charge in [0.25, 0.3) is 0 Å². The van der Waals surface area contributed by atoms with E-state index in [-0.39, 0.29) is 11.3 Å². The van der Waals surface area contributed by atoms with E-state index in [4.69, 9.17) is 0 Å². The van der Waals surface area contributed by atoms with Crippen molar-refractivity contribution in [2.75, 3.05) is 0 Å². The molecule has 0 saturated heterocycles. The molecule has 15 heavy (non-hydrogen) atoms. The summed E-state index contributed by atoms with van der Waals surface area (Å²) in [6, 6.07) is 2.15. The van der Waals surface area contributed by atoms with Crippen LogP contribution in [0, 0.1) is 0 Å². The fourth-order valence-electron chi connectivity index (χ4n) is 1.34. The Balaban J connectivity index is 2.78.